The molecule has 1 heterocycles. The van der Waals surface area contributed by atoms with E-state index in [2.05, 4.69) is 29.5 Å². The molecule has 0 saturated carbocycles. The van der Waals surface area contributed by atoms with Gasteiger partial charge < -0.3 is 4.79 Å². The molecule has 0 N–H and O–H groups in total. The van der Waals surface area contributed by atoms with Crippen molar-refractivity contribution >= 4 is 27.9 Å². The van der Waals surface area contributed by atoms with Crippen LogP contribution in [0.3, 0.4) is 0 Å². The first-order valence-corrected chi connectivity index (χ1v) is 5.36. The summed E-state index contributed by atoms with van der Waals surface area (Å²) in [5, 5.41) is 1.17. The highest BCUT2D eigenvalue weighted by atomic mass is 32.1. The minimum atomic E-state index is 0.303. The van der Waals surface area contributed by atoms with E-state index in [9.17, 15) is 4.79 Å². The van der Waals surface area contributed by atoms with Crippen molar-refractivity contribution in [3.63, 3.8) is 0 Å². The highest BCUT2D eigenvalue weighted by Gasteiger charge is 2.05. The van der Waals surface area contributed by atoms with Crippen molar-refractivity contribution in [2.45, 2.75) is 19.3 Å². The van der Waals surface area contributed by atoms with E-state index >= 15 is 0 Å². The molecule has 72 valence electrons. The van der Waals surface area contributed by atoms with Gasteiger partial charge in [0.05, 0.1) is 4.70 Å². The molecule has 0 aliphatic heterocycles. The van der Waals surface area contributed by atoms with Crippen LogP contribution in [-0.2, 0) is 4.79 Å². The number of carbonyl (C=O) groups is 1. The minimum absolute atomic E-state index is 0.303. The van der Waals surface area contributed by atoms with Crippen LogP contribution < -0.4 is 0 Å². The van der Waals surface area contributed by atoms with Crippen LogP contribution in [0.25, 0.3) is 10.1 Å². The van der Waals surface area contributed by atoms with Crippen molar-refractivity contribution in [3.05, 3.63) is 30.0 Å². The highest BCUT2D eigenvalue weighted by Crippen LogP contribution is 2.24. The molecule has 0 aliphatic rings. The van der Waals surface area contributed by atoms with Crippen LogP contribution in [0.15, 0.2) is 24.4 Å². The Hall–Kier alpha value is -1.22. The summed E-state index contributed by atoms with van der Waals surface area (Å²) < 4.78 is 5.32. The van der Waals surface area contributed by atoms with Crippen molar-refractivity contribution in [2.75, 3.05) is 0 Å². The van der Waals surface area contributed by atoms with E-state index in [1.54, 1.807) is 0 Å². The summed E-state index contributed by atoms with van der Waals surface area (Å²) in [7, 11) is 0. The Labute approximate surface area is 86.7 Å². The second-order valence-electron chi connectivity index (χ2n) is 3.43. The van der Waals surface area contributed by atoms with Gasteiger partial charge in [-0.3, -0.25) is 0 Å². The van der Waals surface area contributed by atoms with Crippen LogP contribution in [-0.4, -0.2) is 10.7 Å². The van der Waals surface area contributed by atoms with Gasteiger partial charge in [0, 0.05) is 18.0 Å². The maximum Gasteiger partial charge on any atom is 0.120 e. The molecule has 0 radical (unpaired) electrons. The lowest BCUT2D eigenvalue weighted by molar-refractivity contribution is -0.108. The molecule has 2 nitrogen and oxygen atoms in total. The van der Waals surface area contributed by atoms with Gasteiger partial charge in [-0.05, 0) is 35.1 Å². The normalized spacial score (nSPS) is 12.9. The minimum Gasteiger partial charge on any atom is -0.303 e. The van der Waals surface area contributed by atoms with Crippen LogP contribution in [0.5, 0.6) is 0 Å². The summed E-state index contributed by atoms with van der Waals surface area (Å²) in [4.78, 5) is 10.4. The van der Waals surface area contributed by atoms with Crippen molar-refractivity contribution < 1.29 is 4.79 Å². The Morgan fingerprint density at radius 3 is 3.21 bits per heavy atom. The first-order valence-electron chi connectivity index (χ1n) is 4.59. The average molecular weight is 205 g/mol. The van der Waals surface area contributed by atoms with Gasteiger partial charge in [-0.25, -0.2) is 0 Å². The average Bonchev–Trinajstić information content (AvgIpc) is 2.64. The van der Waals surface area contributed by atoms with Gasteiger partial charge in [0.25, 0.3) is 0 Å². The molecule has 0 saturated heterocycles. The third-order valence-electron chi connectivity index (χ3n) is 2.40. The summed E-state index contributed by atoms with van der Waals surface area (Å²) >= 11 is 1.50. The summed E-state index contributed by atoms with van der Waals surface area (Å²) in [6.07, 6.45) is 3.43. The molecule has 1 atom stereocenters. The van der Waals surface area contributed by atoms with Crippen LogP contribution in [0.4, 0.5) is 0 Å². The maximum atomic E-state index is 10.4. The van der Waals surface area contributed by atoms with Gasteiger partial charge in [-0.1, -0.05) is 13.0 Å². The van der Waals surface area contributed by atoms with Crippen LogP contribution in [0.1, 0.15) is 24.8 Å². The molecule has 1 aromatic heterocycles. The SMILES string of the molecule is CC(CC=O)c1ccc2sncc2c1. The number of nitrogens with zero attached hydrogens (tertiary/aromatic N) is 1. The molecule has 1 unspecified atom stereocenters. The van der Waals surface area contributed by atoms with E-state index in [1.807, 2.05) is 6.20 Å². The Morgan fingerprint density at radius 2 is 2.43 bits per heavy atom. The zero-order chi connectivity index (χ0) is 9.97. The molecule has 1 aromatic carbocycles. The number of carbonyl (C=O) groups excluding carboxylic acids is 1. The van der Waals surface area contributed by atoms with E-state index in [1.165, 1.54) is 27.2 Å². The quantitative estimate of drug-likeness (QED) is 0.721. The number of rotatable bonds is 3. The van der Waals surface area contributed by atoms with Crippen molar-refractivity contribution in [3.8, 4) is 0 Å². The Balaban J connectivity index is 2.38. The number of aldehydes is 1. The van der Waals surface area contributed by atoms with Crippen LogP contribution >= 0.6 is 11.5 Å². The van der Waals surface area contributed by atoms with Gasteiger partial charge in [-0.2, -0.15) is 4.37 Å². The first-order chi connectivity index (χ1) is 6.81. The summed E-state index contributed by atoms with van der Waals surface area (Å²) in [6.45, 7) is 2.06. The standard InChI is InChI=1S/C11H11NOS/c1-8(4-5-13)9-2-3-11-10(6-9)7-12-14-11/h2-3,5-8H,4H2,1H3. The molecule has 2 rings (SSSR count). The summed E-state index contributed by atoms with van der Waals surface area (Å²) in [5.74, 6) is 0.303. The molecule has 0 amide bonds. The molecule has 0 bridgehead atoms. The zero-order valence-electron chi connectivity index (χ0n) is 7.93. The van der Waals surface area contributed by atoms with Gasteiger partial charge in [-0.15, -0.1) is 0 Å². The third-order valence-corrected chi connectivity index (χ3v) is 3.17. The number of benzene rings is 1. The molecular formula is C11H11NOS. The smallest absolute Gasteiger partial charge is 0.120 e. The lowest BCUT2D eigenvalue weighted by Crippen LogP contribution is -1.93. The van der Waals surface area contributed by atoms with E-state index in [-0.39, 0.29) is 0 Å². The first kappa shape index (κ1) is 9.34. The molecular weight excluding hydrogens is 194 g/mol. The molecule has 3 heteroatoms. The third kappa shape index (κ3) is 1.68. The summed E-state index contributed by atoms with van der Waals surface area (Å²) in [6, 6.07) is 6.27. The highest BCUT2D eigenvalue weighted by molar-refractivity contribution is 7.13. The lowest BCUT2D eigenvalue weighted by Gasteiger charge is -2.07. The Morgan fingerprint density at radius 1 is 1.57 bits per heavy atom. The number of hydrogen-bond donors (Lipinski definition) is 0. The van der Waals surface area contributed by atoms with Gasteiger partial charge in [0.1, 0.15) is 6.29 Å². The fraction of sp³-hybridized carbons (Fsp3) is 0.273. The van der Waals surface area contributed by atoms with E-state index in [4.69, 9.17) is 0 Å². The van der Waals surface area contributed by atoms with E-state index in [0.717, 1.165) is 6.29 Å². The summed E-state index contributed by atoms with van der Waals surface area (Å²) in [5.41, 5.74) is 1.21. The second kappa shape index (κ2) is 3.88. The van der Waals surface area contributed by atoms with Gasteiger partial charge in [0.2, 0.25) is 0 Å². The fourth-order valence-corrected chi connectivity index (χ4v) is 2.10. The molecule has 0 spiro atoms. The molecule has 2 aromatic rings. The lowest BCUT2D eigenvalue weighted by atomic mass is 9.98. The predicted octanol–water partition coefficient (Wildman–Crippen LogP) is 2.99. The van der Waals surface area contributed by atoms with Crippen LogP contribution in [0.2, 0.25) is 0 Å². The Bertz CT molecular complexity index is 449. The number of fused-ring (bicyclic) bond motifs is 1. The van der Waals surface area contributed by atoms with Crippen molar-refractivity contribution in [2.24, 2.45) is 0 Å². The topological polar surface area (TPSA) is 30.0 Å². The number of aromatic nitrogens is 1. The zero-order valence-corrected chi connectivity index (χ0v) is 8.75. The van der Waals surface area contributed by atoms with Crippen molar-refractivity contribution in [1.82, 2.24) is 4.37 Å². The largest absolute Gasteiger partial charge is 0.303 e. The maximum absolute atomic E-state index is 10.4. The predicted molar refractivity (Wildman–Crippen MR) is 58.7 cm³/mol. The van der Waals surface area contributed by atoms with Crippen molar-refractivity contribution in [1.29, 1.82) is 0 Å². The monoisotopic (exact) mass is 205 g/mol. The Kier molecular flexibility index (Phi) is 2.59. The fourth-order valence-electron chi connectivity index (χ4n) is 1.48. The van der Waals surface area contributed by atoms with Gasteiger partial charge >= 0.3 is 0 Å². The molecule has 0 fully saturated rings. The molecule has 14 heavy (non-hydrogen) atoms. The van der Waals surface area contributed by atoms with E-state index in [0.29, 0.717) is 12.3 Å². The number of hydrogen-bond acceptors (Lipinski definition) is 3. The van der Waals surface area contributed by atoms with E-state index < -0.39 is 0 Å². The molecule has 0 aliphatic carbocycles. The van der Waals surface area contributed by atoms with Crippen LogP contribution in [0, 0.1) is 0 Å². The van der Waals surface area contributed by atoms with Gasteiger partial charge in [0.15, 0.2) is 0 Å². The second-order valence-corrected chi connectivity index (χ2v) is 4.26.